The van der Waals surface area contributed by atoms with Gasteiger partial charge in [-0.1, -0.05) is 32.4 Å². The lowest BCUT2D eigenvalue weighted by Crippen LogP contribution is -2.35. The topological polar surface area (TPSA) is 162 Å². The lowest BCUT2D eigenvalue weighted by molar-refractivity contribution is -0.117. The quantitative estimate of drug-likeness (QED) is 0.228. The normalized spacial score (nSPS) is 12.2. The molecule has 9 nitrogen and oxygen atoms in total. The number of guanidine groups is 1. The van der Waals surface area contributed by atoms with Gasteiger partial charge in [0.2, 0.25) is 5.91 Å². The molecule has 0 spiro atoms. The predicted octanol–water partition coefficient (Wildman–Crippen LogP) is 2.67. The number of carbonyl (C=O) groups excluding carboxylic acids is 2. The summed E-state index contributed by atoms with van der Waals surface area (Å²) in [6.45, 7) is 6.52. The summed E-state index contributed by atoms with van der Waals surface area (Å²) in [6, 6.07) is 3.90. The number of carbonyl (C=O) groups is 2. The summed E-state index contributed by atoms with van der Waals surface area (Å²) in [6.07, 6.45) is 0.967. The molecule has 8 N–H and O–H groups in total. The molecular formula is C20H28ClN7O2S. The van der Waals surface area contributed by atoms with Gasteiger partial charge in [0.15, 0.2) is 11.1 Å². The highest BCUT2D eigenvalue weighted by molar-refractivity contribution is 7.14. The van der Waals surface area contributed by atoms with Crippen LogP contribution in [0.15, 0.2) is 28.6 Å². The van der Waals surface area contributed by atoms with E-state index in [1.165, 1.54) is 17.4 Å². The Morgan fingerprint density at radius 3 is 2.58 bits per heavy atom. The van der Waals surface area contributed by atoms with Crippen molar-refractivity contribution in [3.05, 3.63) is 39.9 Å². The molecule has 1 aromatic heterocycles. The zero-order valence-corrected chi connectivity index (χ0v) is 19.3. The minimum atomic E-state index is -0.742. The Bertz CT molecular complexity index is 965. The van der Waals surface area contributed by atoms with Crippen LogP contribution < -0.4 is 27.8 Å². The first kappa shape index (κ1) is 24.6. The number of benzene rings is 1. The number of nitrogens with two attached hydrogens (primary N) is 3. The summed E-state index contributed by atoms with van der Waals surface area (Å²) in [5, 5.41) is 8.09. The van der Waals surface area contributed by atoms with Crippen molar-refractivity contribution in [2.45, 2.75) is 45.1 Å². The number of thiazole rings is 1. The standard InChI is InChI=1S/C20H28ClN7O2S/c1-20(2,3)15-10-31-19(27-15)28-16(29)12-9-11(6-7-13(12)21)26-17(30)14(22)5-4-8-25-18(23)24/h6-7,9-10,14H,4-5,8,22H2,1-3H3,(H,26,30)(H4,23,24,25)(H,27,28,29)/t14-/m0/s1. The number of nitrogens with one attached hydrogen (secondary N) is 2. The van der Waals surface area contributed by atoms with E-state index >= 15 is 0 Å². The van der Waals surface area contributed by atoms with Gasteiger partial charge in [-0.3, -0.25) is 19.9 Å². The molecule has 2 rings (SSSR count). The van der Waals surface area contributed by atoms with Crippen molar-refractivity contribution in [3.63, 3.8) is 0 Å². The molecule has 0 aliphatic rings. The third-order valence-electron chi connectivity index (χ3n) is 4.28. The molecular weight excluding hydrogens is 438 g/mol. The lowest BCUT2D eigenvalue weighted by atomic mass is 9.93. The van der Waals surface area contributed by atoms with Crippen LogP contribution in [0.4, 0.5) is 10.8 Å². The van der Waals surface area contributed by atoms with E-state index in [4.69, 9.17) is 28.8 Å². The number of hydrogen-bond donors (Lipinski definition) is 5. The fourth-order valence-corrected chi connectivity index (χ4v) is 3.64. The number of halogens is 1. The van der Waals surface area contributed by atoms with Crippen LogP contribution in [-0.4, -0.2) is 35.3 Å². The van der Waals surface area contributed by atoms with Gasteiger partial charge in [-0.05, 0) is 31.0 Å². The second-order valence-electron chi connectivity index (χ2n) is 7.98. The van der Waals surface area contributed by atoms with Gasteiger partial charge in [0.1, 0.15) is 0 Å². The van der Waals surface area contributed by atoms with E-state index in [-0.39, 0.29) is 27.9 Å². The van der Waals surface area contributed by atoms with Gasteiger partial charge >= 0.3 is 0 Å². The van der Waals surface area contributed by atoms with Gasteiger partial charge in [-0.25, -0.2) is 4.98 Å². The smallest absolute Gasteiger partial charge is 0.259 e. The average Bonchev–Trinajstić information content (AvgIpc) is 3.15. The highest BCUT2D eigenvalue weighted by Crippen LogP contribution is 2.27. The monoisotopic (exact) mass is 465 g/mol. The van der Waals surface area contributed by atoms with Crippen LogP contribution in [0.3, 0.4) is 0 Å². The zero-order chi connectivity index (χ0) is 23.2. The first-order chi connectivity index (χ1) is 14.5. The predicted molar refractivity (Wildman–Crippen MR) is 127 cm³/mol. The highest BCUT2D eigenvalue weighted by Gasteiger charge is 2.20. The summed E-state index contributed by atoms with van der Waals surface area (Å²) in [5.41, 5.74) is 17.8. The molecule has 31 heavy (non-hydrogen) atoms. The van der Waals surface area contributed by atoms with Crippen molar-refractivity contribution < 1.29 is 9.59 Å². The first-order valence-corrected chi connectivity index (χ1v) is 10.9. The largest absolute Gasteiger partial charge is 0.370 e. The maximum Gasteiger partial charge on any atom is 0.259 e. The minimum absolute atomic E-state index is 0.00243. The Morgan fingerprint density at radius 2 is 1.97 bits per heavy atom. The van der Waals surface area contributed by atoms with Crippen LogP contribution in [-0.2, 0) is 10.2 Å². The van der Waals surface area contributed by atoms with Crippen LogP contribution in [0, 0.1) is 0 Å². The Balaban J connectivity index is 2.02. The van der Waals surface area contributed by atoms with Crippen LogP contribution >= 0.6 is 22.9 Å². The summed E-state index contributed by atoms with van der Waals surface area (Å²) in [4.78, 5) is 33.3. The molecule has 1 aromatic carbocycles. The Morgan fingerprint density at radius 1 is 1.26 bits per heavy atom. The molecule has 0 aliphatic heterocycles. The van der Waals surface area contributed by atoms with Crippen molar-refractivity contribution in [1.82, 2.24) is 4.98 Å². The van der Waals surface area contributed by atoms with E-state index < -0.39 is 11.9 Å². The number of rotatable bonds is 8. The van der Waals surface area contributed by atoms with Crippen molar-refractivity contribution in [2.75, 3.05) is 17.2 Å². The third kappa shape index (κ3) is 7.50. The van der Waals surface area contributed by atoms with Gasteiger partial charge in [-0.15, -0.1) is 11.3 Å². The lowest BCUT2D eigenvalue weighted by Gasteiger charge is -2.14. The van der Waals surface area contributed by atoms with Gasteiger partial charge < -0.3 is 22.5 Å². The first-order valence-electron chi connectivity index (χ1n) is 9.66. The number of amides is 2. The van der Waals surface area contributed by atoms with E-state index in [2.05, 4.69) is 20.6 Å². The minimum Gasteiger partial charge on any atom is -0.370 e. The molecule has 0 saturated carbocycles. The highest BCUT2D eigenvalue weighted by atomic mass is 35.5. The molecule has 11 heteroatoms. The Hall–Kier alpha value is -2.69. The molecule has 0 aliphatic carbocycles. The maximum atomic E-state index is 12.7. The van der Waals surface area contributed by atoms with E-state index in [9.17, 15) is 9.59 Å². The van der Waals surface area contributed by atoms with Gasteiger partial charge in [0.05, 0.1) is 22.3 Å². The molecule has 0 fully saturated rings. The number of aliphatic imine (C=N–C) groups is 1. The fraction of sp³-hybridized carbons (Fsp3) is 0.400. The number of aromatic nitrogens is 1. The van der Waals surface area contributed by atoms with Crippen LogP contribution in [0.1, 0.15) is 49.7 Å². The Labute approximate surface area is 190 Å². The zero-order valence-electron chi connectivity index (χ0n) is 17.7. The molecule has 2 aromatic rings. The number of nitrogens with zero attached hydrogens (tertiary/aromatic N) is 2. The summed E-state index contributed by atoms with van der Waals surface area (Å²) < 4.78 is 0. The van der Waals surface area contributed by atoms with Crippen molar-refractivity contribution in [1.29, 1.82) is 0 Å². The van der Waals surface area contributed by atoms with E-state index in [1.807, 2.05) is 26.2 Å². The fourth-order valence-electron chi connectivity index (χ4n) is 2.50. The number of anilines is 2. The van der Waals surface area contributed by atoms with Crippen LogP contribution in [0.25, 0.3) is 0 Å². The second-order valence-corrected chi connectivity index (χ2v) is 9.25. The molecule has 2 amide bonds. The van der Waals surface area contributed by atoms with Gasteiger partial charge in [0, 0.05) is 23.0 Å². The van der Waals surface area contributed by atoms with Crippen molar-refractivity contribution in [3.8, 4) is 0 Å². The van der Waals surface area contributed by atoms with Gasteiger partial charge in [-0.2, -0.15) is 0 Å². The molecule has 1 atom stereocenters. The summed E-state index contributed by atoms with van der Waals surface area (Å²) >= 11 is 7.53. The van der Waals surface area contributed by atoms with Crippen LogP contribution in [0.5, 0.6) is 0 Å². The number of hydrogen-bond acceptors (Lipinski definition) is 6. The molecule has 168 valence electrons. The molecule has 0 radical (unpaired) electrons. The Kier molecular flexibility index (Phi) is 8.37. The SMILES string of the molecule is CC(C)(C)c1csc(NC(=O)c2cc(NC(=O)[C@@H](N)CCCN=C(N)N)ccc2Cl)n1. The average molecular weight is 466 g/mol. The molecule has 0 saturated heterocycles. The van der Waals surface area contributed by atoms with Crippen LogP contribution in [0.2, 0.25) is 5.02 Å². The van der Waals surface area contributed by atoms with Crippen molar-refractivity contribution in [2.24, 2.45) is 22.2 Å². The maximum absolute atomic E-state index is 12.7. The van der Waals surface area contributed by atoms with E-state index in [1.54, 1.807) is 12.1 Å². The second kappa shape index (κ2) is 10.6. The van der Waals surface area contributed by atoms with E-state index in [0.717, 1.165) is 5.69 Å². The summed E-state index contributed by atoms with van der Waals surface area (Å²) in [5.74, 6) is -0.803. The molecule has 0 unspecified atom stereocenters. The molecule has 0 bridgehead atoms. The third-order valence-corrected chi connectivity index (χ3v) is 5.36. The summed E-state index contributed by atoms with van der Waals surface area (Å²) in [7, 11) is 0. The van der Waals surface area contributed by atoms with Gasteiger partial charge in [0.25, 0.3) is 5.91 Å². The molecule has 1 heterocycles. The van der Waals surface area contributed by atoms with E-state index in [0.29, 0.717) is 30.2 Å². The van der Waals surface area contributed by atoms with Crippen molar-refractivity contribution >= 4 is 51.5 Å².